The number of fused-ring (bicyclic) bond motifs is 2. The summed E-state index contributed by atoms with van der Waals surface area (Å²) in [6.07, 6.45) is 3.33. The van der Waals surface area contributed by atoms with Gasteiger partial charge in [0.05, 0.1) is 12.7 Å². The number of aromatic nitrogens is 1. The van der Waals surface area contributed by atoms with Crippen molar-refractivity contribution in [2.75, 3.05) is 6.61 Å². The van der Waals surface area contributed by atoms with E-state index >= 15 is 0 Å². The summed E-state index contributed by atoms with van der Waals surface area (Å²) in [6, 6.07) is 11.3. The van der Waals surface area contributed by atoms with E-state index in [1.54, 1.807) is 0 Å². The molecule has 2 aliphatic rings. The molecule has 2 aromatic rings. The van der Waals surface area contributed by atoms with Crippen LogP contribution in [0.2, 0.25) is 0 Å². The molecule has 1 amide bonds. The third-order valence-electron chi connectivity index (χ3n) is 5.53. The zero-order valence-corrected chi connectivity index (χ0v) is 13.3. The topological polar surface area (TPSA) is 86.5 Å². The molecule has 6 nitrogen and oxygen atoms in total. The van der Waals surface area contributed by atoms with Crippen LogP contribution in [0, 0.1) is 5.41 Å². The lowest BCUT2D eigenvalue weighted by molar-refractivity contribution is 0.0539. The van der Waals surface area contributed by atoms with Gasteiger partial charge in [0.1, 0.15) is 0 Å². The molecule has 3 atom stereocenters. The SMILES string of the molecule is O=C(c1cc(=O)[nH]o1)N1[C@@H]2CC[C@H]1[C@](CO)(Cc1ccccc1)C2. The molecule has 2 N–H and O–H groups in total. The Labute approximate surface area is 139 Å². The molecule has 0 spiro atoms. The molecule has 2 fully saturated rings. The molecule has 2 bridgehead atoms. The van der Waals surface area contributed by atoms with Gasteiger partial charge in [0.15, 0.2) is 0 Å². The maximum atomic E-state index is 12.8. The Bertz CT molecular complexity index is 797. The van der Waals surface area contributed by atoms with Crippen LogP contribution in [0.1, 0.15) is 35.4 Å². The molecule has 1 aromatic heterocycles. The number of nitrogens with zero attached hydrogens (tertiary/aromatic N) is 1. The predicted molar refractivity (Wildman–Crippen MR) is 86.6 cm³/mol. The number of benzene rings is 1. The number of aliphatic hydroxyl groups excluding tert-OH is 1. The van der Waals surface area contributed by atoms with Crippen molar-refractivity contribution in [3.63, 3.8) is 0 Å². The van der Waals surface area contributed by atoms with Gasteiger partial charge in [-0.2, -0.15) is 5.16 Å². The van der Waals surface area contributed by atoms with Crippen molar-refractivity contribution in [1.82, 2.24) is 10.1 Å². The molecule has 6 heteroatoms. The minimum atomic E-state index is -0.414. The highest BCUT2D eigenvalue weighted by atomic mass is 16.5. The molecule has 0 saturated carbocycles. The summed E-state index contributed by atoms with van der Waals surface area (Å²) in [4.78, 5) is 25.8. The first kappa shape index (κ1) is 15.2. The fourth-order valence-electron chi connectivity index (χ4n) is 4.53. The molecule has 24 heavy (non-hydrogen) atoms. The van der Waals surface area contributed by atoms with E-state index in [0.717, 1.165) is 25.7 Å². The van der Waals surface area contributed by atoms with Crippen molar-refractivity contribution in [3.8, 4) is 0 Å². The minimum Gasteiger partial charge on any atom is -0.396 e. The van der Waals surface area contributed by atoms with Gasteiger partial charge in [0.25, 0.3) is 11.5 Å². The van der Waals surface area contributed by atoms with Crippen LogP contribution in [0.25, 0.3) is 0 Å². The van der Waals surface area contributed by atoms with Crippen LogP contribution in [-0.4, -0.2) is 39.8 Å². The van der Waals surface area contributed by atoms with E-state index in [1.807, 2.05) is 23.1 Å². The number of rotatable bonds is 4. The van der Waals surface area contributed by atoms with Crippen molar-refractivity contribution in [2.24, 2.45) is 5.41 Å². The molecule has 2 aliphatic heterocycles. The fourth-order valence-corrected chi connectivity index (χ4v) is 4.53. The maximum absolute atomic E-state index is 12.8. The quantitative estimate of drug-likeness (QED) is 0.892. The summed E-state index contributed by atoms with van der Waals surface area (Å²) in [6.45, 7) is 0.0456. The average molecular weight is 328 g/mol. The fraction of sp³-hybridized carbons (Fsp3) is 0.444. The molecule has 0 aliphatic carbocycles. The number of aliphatic hydroxyl groups is 1. The van der Waals surface area contributed by atoms with Crippen LogP contribution in [-0.2, 0) is 6.42 Å². The average Bonchev–Trinajstić information content (AvgIpc) is 3.28. The first-order valence-electron chi connectivity index (χ1n) is 8.29. The van der Waals surface area contributed by atoms with Crippen LogP contribution in [0.4, 0.5) is 0 Å². The summed E-state index contributed by atoms with van der Waals surface area (Å²) in [5, 5.41) is 12.3. The van der Waals surface area contributed by atoms with Crippen molar-refractivity contribution >= 4 is 5.91 Å². The van der Waals surface area contributed by atoms with Crippen molar-refractivity contribution in [2.45, 2.75) is 37.8 Å². The maximum Gasteiger partial charge on any atom is 0.293 e. The van der Waals surface area contributed by atoms with E-state index in [2.05, 4.69) is 17.3 Å². The monoisotopic (exact) mass is 328 g/mol. The van der Waals surface area contributed by atoms with Gasteiger partial charge in [-0.25, -0.2) is 0 Å². The van der Waals surface area contributed by atoms with E-state index in [1.165, 1.54) is 11.6 Å². The second-order valence-electron chi connectivity index (χ2n) is 6.92. The number of carbonyl (C=O) groups excluding carboxylic acids is 1. The largest absolute Gasteiger partial charge is 0.396 e. The van der Waals surface area contributed by atoms with Gasteiger partial charge in [-0.05, 0) is 31.2 Å². The number of carbonyl (C=O) groups is 1. The van der Waals surface area contributed by atoms with Crippen molar-refractivity contribution in [1.29, 1.82) is 0 Å². The first-order chi connectivity index (χ1) is 11.6. The zero-order valence-electron chi connectivity index (χ0n) is 13.3. The summed E-state index contributed by atoms with van der Waals surface area (Å²) in [5.74, 6) is -0.213. The van der Waals surface area contributed by atoms with Gasteiger partial charge in [0, 0.05) is 17.5 Å². The standard InChI is InChI=1S/C18H20N2O4/c21-11-18(9-12-4-2-1-3-5-12)10-13-6-7-15(18)20(13)17(23)14-8-16(22)19-24-14/h1-5,8,13,15,21H,6-7,9-11H2,(H,19,22)/t13-,15+,18-/m1/s1. The van der Waals surface area contributed by atoms with Gasteiger partial charge in [-0.1, -0.05) is 30.3 Å². The number of H-pyrrole nitrogens is 1. The van der Waals surface area contributed by atoms with E-state index in [9.17, 15) is 14.7 Å². The second-order valence-corrected chi connectivity index (χ2v) is 6.92. The summed E-state index contributed by atoms with van der Waals surface area (Å²) in [7, 11) is 0. The van der Waals surface area contributed by atoms with Crippen LogP contribution in [0.5, 0.6) is 0 Å². The normalized spacial score (nSPS) is 28.5. The Morgan fingerprint density at radius 3 is 2.79 bits per heavy atom. The molecule has 3 heterocycles. The molecular weight excluding hydrogens is 308 g/mol. The Balaban J connectivity index is 1.63. The Morgan fingerprint density at radius 2 is 2.12 bits per heavy atom. The molecule has 1 aromatic carbocycles. The molecule has 2 saturated heterocycles. The van der Waals surface area contributed by atoms with E-state index in [-0.39, 0.29) is 35.8 Å². The van der Waals surface area contributed by atoms with Crippen LogP contribution >= 0.6 is 0 Å². The van der Waals surface area contributed by atoms with Gasteiger partial charge < -0.3 is 14.5 Å². The lowest BCUT2D eigenvalue weighted by atomic mass is 9.70. The minimum absolute atomic E-state index is 0.0274. The van der Waals surface area contributed by atoms with E-state index in [0.29, 0.717) is 0 Å². The smallest absolute Gasteiger partial charge is 0.293 e. The third kappa shape index (κ3) is 2.29. The molecule has 0 radical (unpaired) electrons. The van der Waals surface area contributed by atoms with Crippen molar-refractivity contribution in [3.05, 3.63) is 58.1 Å². The van der Waals surface area contributed by atoms with Crippen LogP contribution in [0.3, 0.4) is 0 Å². The Kier molecular flexibility index (Phi) is 3.57. The van der Waals surface area contributed by atoms with Gasteiger partial charge in [-0.15, -0.1) is 0 Å². The lowest BCUT2D eigenvalue weighted by Gasteiger charge is -2.35. The first-order valence-corrected chi connectivity index (χ1v) is 8.29. The van der Waals surface area contributed by atoms with Crippen LogP contribution < -0.4 is 5.56 Å². The predicted octanol–water partition coefficient (Wildman–Crippen LogP) is 1.57. The molecule has 0 unspecified atom stereocenters. The number of amides is 1. The Hall–Kier alpha value is -2.34. The highest BCUT2D eigenvalue weighted by Gasteiger charge is 2.57. The zero-order chi connectivity index (χ0) is 16.7. The highest BCUT2D eigenvalue weighted by Crippen LogP contribution is 2.51. The Morgan fingerprint density at radius 1 is 1.33 bits per heavy atom. The number of nitrogens with one attached hydrogen (secondary N) is 1. The van der Waals surface area contributed by atoms with E-state index < -0.39 is 5.56 Å². The summed E-state index contributed by atoms with van der Waals surface area (Å²) < 4.78 is 4.99. The number of hydrogen-bond donors (Lipinski definition) is 2. The summed E-state index contributed by atoms with van der Waals surface area (Å²) in [5.41, 5.74) is 0.429. The van der Waals surface area contributed by atoms with Gasteiger partial charge in [-0.3, -0.25) is 9.59 Å². The lowest BCUT2D eigenvalue weighted by Crippen LogP contribution is -2.43. The second kappa shape index (κ2) is 5.63. The molecule has 126 valence electrons. The van der Waals surface area contributed by atoms with Gasteiger partial charge in [0.2, 0.25) is 5.76 Å². The molecule has 4 rings (SSSR count). The third-order valence-corrected chi connectivity index (χ3v) is 5.53. The number of aromatic amines is 1. The summed E-state index contributed by atoms with van der Waals surface area (Å²) >= 11 is 0. The van der Waals surface area contributed by atoms with Crippen LogP contribution in [0.15, 0.2) is 45.7 Å². The van der Waals surface area contributed by atoms with E-state index in [4.69, 9.17) is 4.52 Å². The molecular formula is C18H20N2O4. The highest BCUT2D eigenvalue weighted by molar-refractivity contribution is 5.92. The number of hydrogen-bond acceptors (Lipinski definition) is 4. The van der Waals surface area contributed by atoms with Gasteiger partial charge >= 0.3 is 0 Å². The van der Waals surface area contributed by atoms with Crippen molar-refractivity contribution < 1.29 is 14.4 Å².